The van der Waals surface area contributed by atoms with Gasteiger partial charge in [0.25, 0.3) is 0 Å². The Morgan fingerprint density at radius 2 is 1.45 bits per heavy atom. The van der Waals surface area contributed by atoms with Gasteiger partial charge in [-0.3, -0.25) is 0 Å². The average molecular weight is 519 g/mol. The SMILES string of the molecule is CC(Oc1cc(O)cc(Oc2cc(O)c3c(c2)OC(c2ccc(O)c(O)c2)[C@@H](O)C3)c1)c1ccc(O)cc1. The van der Waals surface area contributed by atoms with Gasteiger partial charge in [0.1, 0.15) is 52.5 Å². The van der Waals surface area contributed by atoms with Crippen LogP contribution in [-0.2, 0) is 6.42 Å². The van der Waals surface area contributed by atoms with Gasteiger partial charge in [0.2, 0.25) is 0 Å². The van der Waals surface area contributed by atoms with Crippen molar-refractivity contribution < 1.29 is 44.8 Å². The number of aliphatic hydroxyl groups is 1. The van der Waals surface area contributed by atoms with E-state index in [9.17, 15) is 30.6 Å². The van der Waals surface area contributed by atoms with Crippen molar-refractivity contribution in [2.75, 3.05) is 0 Å². The van der Waals surface area contributed by atoms with E-state index in [0.29, 0.717) is 16.9 Å². The smallest absolute Gasteiger partial charge is 0.157 e. The number of hydrogen-bond donors (Lipinski definition) is 6. The fourth-order valence-electron chi connectivity index (χ4n) is 4.35. The van der Waals surface area contributed by atoms with Crippen LogP contribution in [0.4, 0.5) is 0 Å². The molecule has 0 bridgehead atoms. The summed E-state index contributed by atoms with van der Waals surface area (Å²) in [6.07, 6.45) is -2.15. The first-order valence-corrected chi connectivity index (χ1v) is 11.9. The van der Waals surface area contributed by atoms with Crippen LogP contribution < -0.4 is 14.2 Å². The van der Waals surface area contributed by atoms with Crippen molar-refractivity contribution in [2.45, 2.75) is 31.7 Å². The summed E-state index contributed by atoms with van der Waals surface area (Å²) in [4.78, 5) is 0. The molecule has 0 saturated heterocycles. The van der Waals surface area contributed by atoms with E-state index < -0.39 is 12.2 Å². The highest BCUT2D eigenvalue weighted by Gasteiger charge is 2.32. The zero-order valence-corrected chi connectivity index (χ0v) is 20.3. The largest absolute Gasteiger partial charge is 0.508 e. The minimum Gasteiger partial charge on any atom is -0.508 e. The number of ether oxygens (including phenoxy) is 3. The van der Waals surface area contributed by atoms with E-state index in [4.69, 9.17) is 14.2 Å². The molecule has 4 aromatic rings. The number of fused-ring (bicyclic) bond motifs is 1. The quantitative estimate of drug-likeness (QED) is 0.190. The van der Waals surface area contributed by atoms with Gasteiger partial charge in [-0.25, -0.2) is 0 Å². The lowest BCUT2D eigenvalue weighted by molar-refractivity contribution is 0.0197. The van der Waals surface area contributed by atoms with Crippen molar-refractivity contribution in [3.05, 3.63) is 89.5 Å². The molecule has 0 saturated carbocycles. The molecule has 38 heavy (non-hydrogen) atoms. The number of phenolic OH excluding ortho intramolecular Hbond substituents is 5. The third-order valence-electron chi connectivity index (χ3n) is 6.28. The molecule has 0 spiro atoms. The van der Waals surface area contributed by atoms with Crippen LogP contribution in [0.15, 0.2) is 72.8 Å². The lowest BCUT2D eigenvalue weighted by Gasteiger charge is -2.31. The first kappa shape index (κ1) is 24.9. The van der Waals surface area contributed by atoms with E-state index in [-0.39, 0.29) is 58.5 Å². The van der Waals surface area contributed by atoms with Gasteiger partial charge in [-0.1, -0.05) is 18.2 Å². The van der Waals surface area contributed by atoms with E-state index in [1.54, 1.807) is 36.4 Å². The lowest BCUT2D eigenvalue weighted by atomic mass is 9.94. The average Bonchev–Trinajstić information content (AvgIpc) is 2.86. The zero-order chi connectivity index (χ0) is 27.0. The van der Waals surface area contributed by atoms with Gasteiger partial charge in [-0.15, -0.1) is 0 Å². The second-order valence-corrected chi connectivity index (χ2v) is 9.09. The maximum absolute atomic E-state index is 10.6. The molecule has 0 aromatic heterocycles. The maximum Gasteiger partial charge on any atom is 0.157 e. The third kappa shape index (κ3) is 5.18. The Morgan fingerprint density at radius 3 is 2.18 bits per heavy atom. The van der Waals surface area contributed by atoms with E-state index in [0.717, 1.165) is 5.56 Å². The van der Waals surface area contributed by atoms with E-state index in [1.165, 1.54) is 36.4 Å². The second kappa shape index (κ2) is 9.95. The molecule has 5 rings (SSSR count). The lowest BCUT2D eigenvalue weighted by Crippen LogP contribution is -2.30. The fourth-order valence-corrected chi connectivity index (χ4v) is 4.35. The van der Waals surface area contributed by atoms with Crippen LogP contribution in [-0.4, -0.2) is 36.7 Å². The highest BCUT2D eigenvalue weighted by Crippen LogP contribution is 2.44. The van der Waals surface area contributed by atoms with Gasteiger partial charge in [-0.05, 0) is 42.3 Å². The van der Waals surface area contributed by atoms with Gasteiger partial charge >= 0.3 is 0 Å². The highest BCUT2D eigenvalue weighted by atomic mass is 16.5. The van der Waals surface area contributed by atoms with Crippen molar-refractivity contribution in [1.82, 2.24) is 0 Å². The Kier molecular flexibility index (Phi) is 6.52. The Balaban J connectivity index is 1.37. The molecule has 6 N–H and O–H groups in total. The summed E-state index contributed by atoms with van der Waals surface area (Å²) in [5, 5.41) is 60.4. The standard InChI is InChI=1S/C29H26O9/c1-15(16-2-5-18(30)6-3-16)36-20-9-19(31)10-21(11-20)37-22-12-25(33)23-14-27(35)29(38-28(23)13-22)17-4-7-24(32)26(34)8-17/h2-13,15,27,29-35H,14H2,1H3/t15?,27-,29?/m0/s1. The summed E-state index contributed by atoms with van der Waals surface area (Å²) in [5.41, 5.74) is 1.66. The van der Waals surface area contributed by atoms with Gasteiger partial charge in [0, 0.05) is 42.3 Å². The predicted octanol–water partition coefficient (Wildman–Crippen LogP) is 5.18. The van der Waals surface area contributed by atoms with Crippen LogP contribution in [0.1, 0.15) is 35.8 Å². The first-order valence-electron chi connectivity index (χ1n) is 11.9. The molecular formula is C29H26O9. The second-order valence-electron chi connectivity index (χ2n) is 9.09. The van der Waals surface area contributed by atoms with Crippen molar-refractivity contribution in [2.24, 2.45) is 0 Å². The van der Waals surface area contributed by atoms with Crippen LogP contribution in [0.3, 0.4) is 0 Å². The Hall–Kier alpha value is -4.76. The summed E-state index contributed by atoms with van der Waals surface area (Å²) >= 11 is 0. The Bertz CT molecular complexity index is 1470. The van der Waals surface area contributed by atoms with Gasteiger partial charge in [0.05, 0.1) is 6.10 Å². The monoisotopic (exact) mass is 518 g/mol. The molecule has 1 aliphatic heterocycles. The number of aliphatic hydroxyl groups excluding tert-OH is 1. The summed E-state index contributed by atoms with van der Waals surface area (Å²) in [6.45, 7) is 1.83. The molecule has 196 valence electrons. The molecule has 0 amide bonds. The summed E-state index contributed by atoms with van der Waals surface area (Å²) in [7, 11) is 0. The normalized spacial score (nSPS) is 17.2. The van der Waals surface area contributed by atoms with Crippen molar-refractivity contribution >= 4 is 0 Å². The number of phenols is 5. The Morgan fingerprint density at radius 1 is 0.737 bits per heavy atom. The molecule has 2 unspecified atom stereocenters. The van der Waals surface area contributed by atoms with Crippen LogP contribution >= 0.6 is 0 Å². The zero-order valence-electron chi connectivity index (χ0n) is 20.3. The van der Waals surface area contributed by atoms with E-state index in [2.05, 4.69) is 0 Å². The maximum atomic E-state index is 10.6. The minimum absolute atomic E-state index is 0.0903. The topological polar surface area (TPSA) is 149 Å². The van der Waals surface area contributed by atoms with Gasteiger partial charge < -0.3 is 44.8 Å². The van der Waals surface area contributed by atoms with Crippen LogP contribution in [0, 0.1) is 0 Å². The van der Waals surface area contributed by atoms with Crippen molar-refractivity contribution in [3.8, 4) is 51.7 Å². The van der Waals surface area contributed by atoms with Crippen molar-refractivity contribution in [3.63, 3.8) is 0 Å². The predicted molar refractivity (Wildman–Crippen MR) is 136 cm³/mol. The third-order valence-corrected chi connectivity index (χ3v) is 6.28. The van der Waals surface area contributed by atoms with Crippen molar-refractivity contribution in [1.29, 1.82) is 0 Å². The summed E-state index contributed by atoms with van der Waals surface area (Å²) in [6, 6.07) is 18.1. The fraction of sp³-hybridized carbons (Fsp3) is 0.172. The van der Waals surface area contributed by atoms with E-state index >= 15 is 0 Å². The van der Waals surface area contributed by atoms with Crippen LogP contribution in [0.2, 0.25) is 0 Å². The number of rotatable bonds is 6. The number of aromatic hydroxyl groups is 5. The molecule has 0 aliphatic carbocycles. The van der Waals surface area contributed by atoms with E-state index in [1.807, 2.05) is 6.92 Å². The molecule has 1 heterocycles. The minimum atomic E-state index is -1.01. The molecule has 9 heteroatoms. The molecular weight excluding hydrogens is 492 g/mol. The summed E-state index contributed by atoms with van der Waals surface area (Å²) in [5.74, 6) is 0.361. The van der Waals surface area contributed by atoms with Gasteiger partial charge in [-0.2, -0.15) is 0 Å². The summed E-state index contributed by atoms with van der Waals surface area (Å²) < 4.78 is 17.8. The Labute approximate surface area is 218 Å². The molecule has 1 aliphatic rings. The molecule has 0 fully saturated rings. The van der Waals surface area contributed by atoms with Crippen LogP contribution in [0.5, 0.6) is 51.7 Å². The molecule has 0 radical (unpaired) electrons. The van der Waals surface area contributed by atoms with Crippen LogP contribution in [0.25, 0.3) is 0 Å². The molecule has 3 atom stereocenters. The molecule has 4 aromatic carbocycles. The number of hydrogen-bond acceptors (Lipinski definition) is 9. The highest BCUT2D eigenvalue weighted by molar-refractivity contribution is 5.54. The number of benzene rings is 4. The first-order chi connectivity index (χ1) is 18.2. The molecule has 9 nitrogen and oxygen atoms in total. The van der Waals surface area contributed by atoms with Gasteiger partial charge in [0.15, 0.2) is 11.5 Å².